The van der Waals surface area contributed by atoms with E-state index in [1.165, 1.54) is 11.8 Å². The van der Waals surface area contributed by atoms with Crippen molar-refractivity contribution in [3.63, 3.8) is 0 Å². The van der Waals surface area contributed by atoms with Gasteiger partial charge in [-0.2, -0.15) is 5.10 Å². The van der Waals surface area contributed by atoms with Crippen molar-refractivity contribution in [3.05, 3.63) is 95.7 Å². The van der Waals surface area contributed by atoms with Crippen LogP contribution in [0.2, 0.25) is 0 Å². The topological polar surface area (TPSA) is 72.7 Å². The molecule has 2 heterocycles. The summed E-state index contributed by atoms with van der Waals surface area (Å²) in [6.45, 7) is 8.20. The average Bonchev–Trinajstić information content (AvgIpc) is 3.34. The maximum atomic E-state index is 13.5. The average molecular weight is 522 g/mol. The fourth-order valence-corrected chi connectivity index (χ4v) is 5.48. The van der Waals surface area contributed by atoms with Crippen LogP contribution in [-0.4, -0.2) is 30.9 Å². The Morgan fingerprint density at radius 2 is 1.63 bits per heavy atom. The van der Waals surface area contributed by atoms with E-state index in [9.17, 15) is 4.79 Å². The summed E-state index contributed by atoms with van der Waals surface area (Å²) in [4.78, 5) is 23.5. The van der Waals surface area contributed by atoms with Gasteiger partial charge in [-0.15, -0.1) is 0 Å². The summed E-state index contributed by atoms with van der Waals surface area (Å²) >= 11 is 1.49. The number of carbonyl (C=O) groups excluding carboxylic acids is 1. The molecule has 1 N–H and O–H groups in total. The van der Waals surface area contributed by atoms with Crippen LogP contribution in [0.3, 0.4) is 0 Å². The summed E-state index contributed by atoms with van der Waals surface area (Å²) in [6.07, 6.45) is 1.38. The monoisotopic (exact) mass is 521 g/mol. The highest BCUT2D eigenvalue weighted by Crippen LogP contribution is 2.35. The Labute approximate surface area is 227 Å². The fourth-order valence-electron chi connectivity index (χ4n) is 4.41. The van der Waals surface area contributed by atoms with Crippen LogP contribution in [-0.2, 0) is 11.2 Å². The lowest BCUT2D eigenvalue weighted by Crippen LogP contribution is -2.25. The first kappa shape index (κ1) is 25.7. The SMILES string of the molecule is CCc1nn(-c2ccccc2)c2nc(-c3ccccc3)nc(S[C@@H](CC)C(=O)Nc3cccc(C)c3C)c12. The van der Waals surface area contributed by atoms with E-state index in [1.807, 2.05) is 91.3 Å². The van der Waals surface area contributed by atoms with Crippen molar-refractivity contribution in [1.29, 1.82) is 0 Å². The molecule has 3 aromatic carbocycles. The van der Waals surface area contributed by atoms with Gasteiger partial charge in [0.25, 0.3) is 0 Å². The number of rotatable bonds is 8. The molecule has 1 atom stereocenters. The first-order chi connectivity index (χ1) is 18.5. The molecule has 0 aliphatic carbocycles. The lowest BCUT2D eigenvalue weighted by molar-refractivity contribution is -0.115. The third-order valence-electron chi connectivity index (χ3n) is 6.71. The summed E-state index contributed by atoms with van der Waals surface area (Å²) < 4.78 is 1.89. The molecular formula is C31H31N5OS. The van der Waals surface area contributed by atoms with Crippen LogP contribution in [0.4, 0.5) is 5.69 Å². The number of anilines is 1. The number of nitrogens with zero attached hydrogens (tertiary/aromatic N) is 4. The molecule has 0 aliphatic rings. The van der Waals surface area contributed by atoms with Gasteiger partial charge >= 0.3 is 0 Å². The van der Waals surface area contributed by atoms with E-state index in [-0.39, 0.29) is 11.2 Å². The number of hydrogen-bond acceptors (Lipinski definition) is 5. The smallest absolute Gasteiger partial charge is 0.237 e. The zero-order valence-electron chi connectivity index (χ0n) is 22.1. The molecule has 7 heteroatoms. The van der Waals surface area contributed by atoms with Crippen LogP contribution in [0.25, 0.3) is 28.1 Å². The number of hydrogen-bond donors (Lipinski definition) is 1. The molecule has 0 aliphatic heterocycles. The van der Waals surface area contributed by atoms with E-state index in [0.717, 1.165) is 56.2 Å². The molecule has 0 saturated heterocycles. The quantitative estimate of drug-likeness (QED) is 0.173. The number of amides is 1. The predicted molar refractivity (Wildman–Crippen MR) is 156 cm³/mol. The number of fused-ring (bicyclic) bond motifs is 1. The molecule has 6 nitrogen and oxygen atoms in total. The molecule has 192 valence electrons. The van der Waals surface area contributed by atoms with Gasteiger partial charge in [0.2, 0.25) is 5.91 Å². The third kappa shape index (κ3) is 5.07. The molecule has 0 saturated carbocycles. The number of thioether (sulfide) groups is 1. The third-order valence-corrected chi connectivity index (χ3v) is 8.06. The fraction of sp³-hybridized carbons (Fsp3) is 0.226. The zero-order chi connectivity index (χ0) is 26.6. The molecule has 2 aromatic heterocycles. The predicted octanol–water partition coefficient (Wildman–Crippen LogP) is 7.17. The largest absolute Gasteiger partial charge is 0.325 e. The molecule has 0 unspecified atom stereocenters. The van der Waals surface area contributed by atoms with Gasteiger partial charge in [0.15, 0.2) is 11.5 Å². The maximum Gasteiger partial charge on any atom is 0.237 e. The van der Waals surface area contributed by atoms with Crippen LogP contribution in [0.1, 0.15) is 37.1 Å². The van der Waals surface area contributed by atoms with Crippen molar-refractivity contribution < 1.29 is 4.79 Å². The molecule has 5 aromatic rings. The second-order valence-corrected chi connectivity index (χ2v) is 10.4. The molecular weight excluding hydrogens is 490 g/mol. The van der Waals surface area contributed by atoms with Gasteiger partial charge in [0, 0.05) is 11.3 Å². The zero-order valence-corrected chi connectivity index (χ0v) is 22.9. The minimum Gasteiger partial charge on any atom is -0.325 e. The summed E-state index contributed by atoms with van der Waals surface area (Å²) in [5.41, 5.74) is 6.58. The molecule has 0 fully saturated rings. The van der Waals surface area contributed by atoms with Gasteiger partial charge in [-0.1, -0.05) is 86.3 Å². The normalized spacial score (nSPS) is 12.0. The van der Waals surface area contributed by atoms with Gasteiger partial charge in [-0.05, 0) is 56.0 Å². The first-order valence-electron chi connectivity index (χ1n) is 12.9. The molecule has 38 heavy (non-hydrogen) atoms. The van der Waals surface area contributed by atoms with E-state index in [0.29, 0.717) is 12.2 Å². The molecule has 5 rings (SSSR count). The van der Waals surface area contributed by atoms with Crippen molar-refractivity contribution in [2.24, 2.45) is 0 Å². The Kier molecular flexibility index (Phi) is 7.56. The number of nitrogens with one attached hydrogen (secondary N) is 1. The van der Waals surface area contributed by atoms with Crippen molar-refractivity contribution >= 4 is 34.4 Å². The van der Waals surface area contributed by atoms with Gasteiger partial charge in [-0.3, -0.25) is 4.79 Å². The van der Waals surface area contributed by atoms with Crippen LogP contribution in [0.15, 0.2) is 83.9 Å². The lowest BCUT2D eigenvalue weighted by Gasteiger charge is -2.17. The second-order valence-electron chi connectivity index (χ2n) is 9.22. The summed E-state index contributed by atoms with van der Waals surface area (Å²) in [6, 6.07) is 25.9. The second kappa shape index (κ2) is 11.2. The molecule has 0 spiro atoms. The van der Waals surface area contributed by atoms with Crippen molar-refractivity contribution in [2.75, 3.05) is 5.32 Å². The number of aryl methyl sites for hydroxylation is 2. The highest BCUT2D eigenvalue weighted by molar-refractivity contribution is 8.00. The molecule has 0 radical (unpaired) electrons. The highest BCUT2D eigenvalue weighted by Gasteiger charge is 2.25. The number of carbonyl (C=O) groups is 1. The van der Waals surface area contributed by atoms with Gasteiger partial charge in [-0.25, -0.2) is 14.6 Å². The minimum absolute atomic E-state index is 0.0345. The van der Waals surface area contributed by atoms with E-state index in [2.05, 4.69) is 25.2 Å². The number of para-hydroxylation sites is 1. The van der Waals surface area contributed by atoms with E-state index in [4.69, 9.17) is 15.1 Å². The summed E-state index contributed by atoms with van der Waals surface area (Å²) in [5.74, 6) is 0.581. The van der Waals surface area contributed by atoms with E-state index >= 15 is 0 Å². The van der Waals surface area contributed by atoms with Crippen LogP contribution in [0, 0.1) is 13.8 Å². The van der Waals surface area contributed by atoms with Gasteiger partial charge in [0.1, 0.15) is 5.03 Å². The number of benzene rings is 3. The molecule has 0 bridgehead atoms. The lowest BCUT2D eigenvalue weighted by atomic mass is 10.1. The maximum absolute atomic E-state index is 13.5. The Hall–Kier alpha value is -3.97. The summed E-state index contributed by atoms with van der Waals surface area (Å²) in [7, 11) is 0. The summed E-state index contributed by atoms with van der Waals surface area (Å²) in [5, 5.41) is 9.44. The Morgan fingerprint density at radius 1 is 0.921 bits per heavy atom. The van der Waals surface area contributed by atoms with Crippen LogP contribution >= 0.6 is 11.8 Å². The highest BCUT2D eigenvalue weighted by atomic mass is 32.2. The van der Waals surface area contributed by atoms with Crippen molar-refractivity contribution in [2.45, 2.75) is 50.8 Å². The van der Waals surface area contributed by atoms with Crippen molar-refractivity contribution in [3.8, 4) is 17.1 Å². The number of aromatic nitrogens is 4. The Morgan fingerprint density at radius 3 is 2.32 bits per heavy atom. The standard InChI is InChI=1S/C31H31N5OS/c1-5-24-27-29(36(35-24)23-17-11-8-12-18-23)33-28(22-15-9-7-10-16-22)34-31(27)38-26(6-2)30(37)32-25-19-13-14-20(3)21(25)4/h7-19,26H,5-6H2,1-4H3,(H,32,37)/t26-/m0/s1. The van der Waals surface area contributed by atoms with E-state index in [1.54, 1.807) is 0 Å². The van der Waals surface area contributed by atoms with E-state index < -0.39 is 0 Å². The Balaban J connectivity index is 1.61. The minimum atomic E-state index is -0.332. The van der Waals surface area contributed by atoms with Crippen LogP contribution < -0.4 is 5.32 Å². The Bertz CT molecular complexity index is 1580. The van der Waals surface area contributed by atoms with Gasteiger partial charge < -0.3 is 5.32 Å². The van der Waals surface area contributed by atoms with Crippen LogP contribution in [0.5, 0.6) is 0 Å². The van der Waals surface area contributed by atoms with Gasteiger partial charge in [0.05, 0.1) is 22.0 Å². The molecule has 1 amide bonds. The first-order valence-corrected chi connectivity index (χ1v) is 13.8. The van der Waals surface area contributed by atoms with Crippen molar-refractivity contribution in [1.82, 2.24) is 19.7 Å².